The molecular weight excluding hydrogens is 1880 g/mol. The van der Waals surface area contributed by atoms with Crippen molar-refractivity contribution in [3.63, 3.8) is 0 Å². The molecule has 5 aliphatic heterocycles. The molecular formula is C134H140Cl3N5O6. The van der Waals surface area contributed by atoms with Gasteiger partial charge in [-0.1, -0.05) is 316 Å². The summed E-state index contributed by atoms with van der Waals surface area (Å²) in [6.07, 6.45) is 0.0929. The van der Waals surface area contributed by atoms with Crippen molar-refractivity contribution in [3.8, 4) is 5.75 Å². The molecule has 0 fully saturated rings. The number of fused-ring (bicyclic) bond motifs is 5. The van der Waals surface area contributed by atoms with Gasteiger partial charge in [-0.3, -0.25) is 48.5 Å². The van der Waals surface area contributed by atoms with Gasteiger partial charge in [-0.2, -0.15) is 0 Å². The Labute approximate surface area is 893 Å². The first-order valence-electron chi connectivity index (χ1n) is 51.4. The maximum Gasteiger partial charge on any atom is 0.246 e. The zero-order valence-corrected chi connectivity index (χ0v) is 93.7. The van der Waals surface area contributed by atoms with Gasteiger partial charge in [0.2, 0.25) is 29.5 Å². The number of halogens is 3. The van der Waals surface area contributed by atoms with E-state index in [1.165, 1.54) is 38.9 Å². The summed E-state index contributed by atoms with van der Waals surface area (Å²) in [5.41, 5.74) is 32.0. The molecule has 0 spiro atoms. The molecule has 0 radical (unpaired) electrons. The van der Waals surface area contributed by atoms with Crippen LogP contribution >= 0.6 is 34.8 Å². The average Bonchev–Trinajstić information content (AvgIpc) is 1.59. The number of hydrogen-bond donors (Lipinski definition) is 0. The van der Waals surface area contributed by atoms with E-state index in [0.717, 1.165) is 157 Å². The largest absolute Gasteiger partial charge is 0.491 e. The van der Waals surface area contributed by atoms with Crippen LogP contribution in [0.3, 0.4) is 0 Å². The Hall–Kier alpha value is -13.7. The number of benzene rings is 15. The third-order valence-electron chi connectivity index (χ3n) is 30.6. The molecule has 0 N–H and O–H groups in total. The van der Waals surface area contributed by atoms with Crippen LogP contribution in [0, 0.1) is 69.2 Å². The number of ether oxygens (including phenoxy) is 1. The topological polar surface area (TPSA) is 111 Å². The van der Waals surface area contributed by atoms with Crippen molar-refractivity contribution in [2.75, 3.05) is 24.5 Å². The van der Waals surface area contributed by atoms with Gasteiger partial charge in [-0.05, 0) is 390 Å². The van der Waals surface area contributed by atoms with Crippen LogP contribution in [0.25, 0.3) is 0 Å². The fraction of sp³-hybridized carbons (Fsp3) is 0.291. The lowest BCUT2D eigenvalue weighted by atomic mass is 9.74. The second-order valence-electron chi connectivity index (χ2n) is 46.4. The molecule has 5 aliphatic rings. The van der Waals surface area contributed by atoms with Crippen LogP contribution in [-0.4, -0.2) is 35.6 Å². The summed E-state index contributed by atoms with van der Waals surface area (Å²) in [7, 11) is 0. The second kappa shape index (κ2) is 40.4. The summed E-state index contributed by atoms with van der Waals surface area (Å²) in [6.45, 7) is 61.3. The SMILES string of the molecule is Cc1ccc(N2C(=O)C(C)(c3ccc(C(C)(C)C)cc3)c3cc(C)ccc32)cc1.Cc1ccc(N2C(=O)C(C)(c3ccc(C(C)(C)C)cc3C)c3cc(Cl)ccc32)cc1.Cc1cccc(N2C(=O)C(C)(c3ccc(C(C)(C)C)cc3)c3cc(C)ccc32)c1.Cc1cccc(N2C(=O)C(C)(c3ccc(C(C)(C)C)cc3C)c3cc(Cl)ccc32)c1.Cc1cccc(N2C(=O)C(C)(c3ccc(OC(C)C)cc3C)c3cc(Cl)ccc32)c1. The van der Waals surface area contributed by atoms with Gasteiger partial charge in [-0.15, -0.1) is 0 Å². The molecule has 0 saturated carbocycles. The van der Waals surface area contributed by atoms with Gasteiger partial charge < -0.3 is 4.74 Å². The van der Waals surface area contributed by atoms with Gasteiger partial charge in [0.1, 0.15) is 5.75 Å². The highest BCUT2D eigenvalue weighted by molar-refractivity contribution is 6.32. The normalized spacial score (nSPS) is 18.6. The van der Waals surface area contributed by atoms with Crippen molar-refractivity contribution in [2.45, 2.75) is 256 Å². The molecule has 148 heavy (non-hydrogen) atoms. The highest BCUT2D eigenvalue weighted by atomic mass is 35.5. The van der Waals surface area contributed by atoms with Crippen molar-refractivity contribution >= 4 is 121 Å². The summed E-state index contributed by atoms with van der Waals surface area (Å²) in [6, 6.07) is 107. The van der Waals surface area contributed by atoms with E-state index in [0.29, 0.717) is 15.1 Å². The molecule has 5 atom stereocenters. The van der Waals surface area contributed by atoms with Crippen LogP contribution in [0.4, 0.5) is 56.9 Å². The molecule has 15 aromatic rings. The van der Waals surface area contributed by atoms with Crippen LogP contribution in [-0.2, 0) is 72.7 Å². The lowest BCUT2D eigenvalue weighted by molar-refractivity contribution is -0.121. The van der Waals surface area contributed by atoms with Crippen molar-refractivity contribution in [2.24, 2.45) is 0 Å². The lowest BCUT2D eigenvalue weighted by Gasteiger charge is -2.29. The molecule has 5 unspecified atom stereocenters. The van der Waals surface area contributed by atoms with Crippen molar-refractivity contribution in [1.82, 2.24) is 0 Å². The number of carbonyl (C=O) groups is 5. The number of hydrogen-bond acceptors (Lipinski definition) is 6. The smallest absolute Gasteiger partial charge is 0.246 e. The summed E-state index contributed by atoms with van der Waals surface area (Å²) in [5, 5.41) is 1.90. The number of carbonyl (C=O) groups excluding carboxylic acids is 5. The van der Waals surface area contributed by atoms with E-state index in [2.05, 4.69) is 290 Å². The van der Waals surface area contributed by atoms with Crippen LogP contribution in [0.2, 0.25) is 15.1 Å². The van der Waals surface area contributed by atoms with E-state index >= 15 is 0 Å². The number of rotatable bonds is 12. The van der Waals surface area contributed by atoms with E-state index in [9.17, 15) is 24.0 Å². The van der Waals surface area contributed by atoms with Gasteiger partial charge in [0.15, 0.2) is 0 Å². The van der Waals surface area contributed by atoms with Gasteiger partial charge in [-0.25, -0.2) is 0 Å². The first kappa shape index (κ1) is 107. The van der Waals surface area contributed by atoms with Crippen LogP contribution in [0.5, 0.6) is 5.75 Å². The Morgan fingerprint density at radius 3 is 0.743 bits per heavy atom. The van der Waals surface area contributed by atoms with Gasteiger partial charge in [0, 0.05) is 43.5 Å². The maximum absolute atomic E-state index is 14.0. The Morgan fingerprint density at radius 1 is 0.230 bits per heavy atom. The maximum atomic E-state index is 14.0. The molecule has 0 aliphatic carbocycles. The zero-order chi connectivity index (χ0) is 107. The van der Waals surface area contributed by atoms with E-state index in [4.69, 9.17) is 39.5 Å². The zero-order valence-electron chi connectivity index (χ0n) is 91.4. The molecule has 758 valence electrons. The minimum Gasteiger partial charge on any atom is -0.491 e. The minimum atomic E-state index is -0.843. The second-order valence-corrected chi connectivity index (χ2v) is 47.7. The summed E-state index contributed by atoms with van der Waals surface area (Å²) >= 11 is 19.2. The molecule has 20 rings (SSSR count). The van der Waals surface area contributed by atoms with E-state index < -0.39 is 27.1 Å². The lowest BCUT2D eigenvalue weighted by Crippen LogP contribution is -2.37. The monoisotopic (exact) mass is 2020 g/mol. The third kappa shape index (κ3) is 19.9. The predicted molar refractivity (Wildman–Crippen MR) is 618 cm³/mol. The molecule has 0 saturated heterocycles. The number of nitrogens with zero attached hydrogens (tertiary/aromatic N) is 5. The standard InChI is InChI=1S/2C27H28ClNO.2C27H29NO.C26H26ClNO2/c1-17-7-11-21(12-8-17)29-24-14-10-20(28)16-23(24)27(6,25(29)30)22-13-9-19(15-18(22)2)26(3,4)5;1-17-8-7-9-21(14-17)29-24-13-11-20(28)16-23(24)27(6,25(29)30)22-12-10-19(15-18(22)2)26(3,4)5;1-18-7-14-22(15-8-18)28-24-16-9-19(2)17-23(24)27(6,25(28)29)21-12-10-20(11-13-21)26(3,4)5;1-18-8-7-9-22(16-18)28-24-15-10-19(2)17-23(24)27(6,25(28)29)21-13-11-20(12-14-21)26(3,4)5;1-16(2)30-21-10-11-22(18(4)14-21)26(5)23-15-19(27)9-12-24(23)28(25(26)29)20-8-6-7-17(3)13-20/h2*7-16H,1-6H3;2*7-17H,1-6H3;6-16H,1-5H3. The third-order valence-corrected chi connectivity index (χ3v) is 31.3. The van der Waals surface area contributed by atoms with Crippen LogP contribution < -0.4 is 29.2 Å². The molecule has 15 aromatic carbocycles. The molecule has 14 heteroatoms. The molecule has 0 bridgehead atoms. The highest BCUT2D eigenvalue weighted by Gasteiger charge is 2.56. The quantitative estimate of drug-likeness (QED) is 0.120. The fourth-order valence-electron chi connectivity index (χ4n) is 21.9. The van der Waals surface area contributed by atoms with Gasteiger partial charge in [0.25, 0.3) is 0 Å². The van der Waals surface area contributed by atoms with Crippen molar-refractivity contribution in [1.29, 1.82) is 0 Å². The molecule has 5 amide bonds. The average molecular weight is 2020 g/mol. The van der Waals surface area contributed by atoms with Gasteiger partial charge in [0.05, 0.1) is 61.6 Å². The number of anilines is 10. The minimum absolute atomic E-state index is 0.0194. The Bertz CT molecular complexity index is 7700. The summed E-state index contributed by atoms with van der Waals surface area (Å²) in [4.78, 5) is 79.1. The van der Waals surface area contributed by atoms with E-state index in [-0.39, 0.29) is 57.3 Å². The predicted octanol–water partition coefficient (Wildman–Crippen LogP) is 34.4. The van der Waals surface area contributed by atoms with E-state index in [1.807, 2.05) is 251 Å². The first-order chi connectivity index (χ1) is 69.5. The van der Waals surface area contributed by atoms with Gasteiger partial charge >= 0.3 is 0 Å². The first-order valence-corrected chi connectivity index (χ1v) is 52.6. The van der Waals surface area contributed by atoms with Crippen molar-refractivity contribution in [3.05, 3.63) is 464 Å². The Morgan fingerprint density at radius 2 is 0.473 bits per heavy atom. The Kier molecular flexibility index (Phi) is 29.2. The van der Waals surface area contributed by atoms with Crippen molar-refractivity contribution < 1.29 is 28.7 Å². The summed E-state index contributed by atoms with van der Waals surface area (Å²) < 4.78 is 5.85. The van der Waals surface area contributed by atoms with E-state index in [1.54, 1.807) is 0 Å². The molecule has 11 nitrogen and oxygen atoms in total. The van der Waals surface area contributed by atoms with Crippen LogP contribution in [0.1, 0.15) is 265 Å². The van der Waals surface area contributed by atoms with Crippen LogP contribution in [0.15, 0.2) is 315 Å². The number of aryl methyl sites for hydroxylation is 10. The fourth-order valence-corrected chi connectivity index (χ4v) is 22.4. The highest BCUT2D eigenvalue weighted by Crippen LogP contribution is 2.58. The summed E-state index contributed by atoms with van der Waals surface area (Å²) in [5.74, 6) is 1.14. The molecule has 0 aromatic heterocycles. The number of amides is 5. The molecule has 5 heterocycles. The Balaban J connectivity index is 0.000000132.